The van der Waals surface area contributed by atoms with Crippen molar-refractivity contribution < 1.29 is 19.4 Å². The zero-order valence-electron chi connectivity index (χ0n) is 12.5. The standard InChI is InChI=1S/C15H21ClN2O4/c1-3-6-18(7-8-19)15(20)17-12-4-5-14(13(16)11-12)22-10-9-21-2/h3-5,11,19H,1,6-10H2,2H3,(H,17,20). The summed E-state index contributed by atoms with van der Waals surface area (Å²) in [6.07, 6.45) is 1.59. The van der Waals surface area contributed by atoms with E-state index in [0.29, 0.717) is 36.2 Å². The minimum Gasteiger partial charge on any atom is -0.490 e. The van der Waals surface area contributed by atoms with E-state index in [9.17, 15) is 4.79 Å². The maximum atomic E-state index is 12.1. The summed E-state index contributed by atoms with van der Waals surface area (Å²) in [5.74, 6) is 0.523. The molecule has 0 aliphatic carbocycles. The number of ether oxygens (including phenoxy) is 2. The first-order valence-corrected chi connectivity index (χ1v) is 7.19. The number of rotatable bonds is 9. The summed E-state index contributed by atoms with van der Waals surface area (Å²) in [6.45, 7) is 4.90. The van der Waals surface area contributed by atoms with Crippen LogP contribution in [0.15, 0.2) is 30.9 Å². The number of methoxy groups -OCH3 is 1. The molecule has 2 amide bonds. The second-order valence-corrected chi connectivity index (χ2v) is 4.78. The summed E-state index contributed by atoms with van der Waals surface area (Å²) < 4.78 is 10.3. The molecule has 0 atom stereocenters. The van der Waals surface area contributed by atoms with Gasteiger partial charge in [0.2, 0.25) is 0 Å². The predicted octanol–water partition coefficient (Wildman–Crippen LogP) is 2.38. The normalized spacial score (nSPS) is 10.1. The Morgan fingerprint density at radius 2 is 2.27 bits per heavy atom. The summed E-state index contributed by atoms with van der Waals surface area (Å²) in [5, 5.41) is 12.1. The van der Waals surface area contributed by atoms with Crippen LogP contribution in [-0.2, 0) is 4.74 Å². The zero-order chi connectivity index (χ0) is 16.4. The molecule has 0 saturated carbocycles. The Morgan fingerprint density at radius 1 is 1.50 bits per heavy atom. The van der Waals surface area contributed by atoms with E-state index in [1.54, 1.807) is 31.4 Å². The van der Waals surface area contributed by atoms with Crippen molar-refractivity contribution in [1.29, 1.82) is 0 Å². The maximum absolute atomic E-state index is 12.1. The number of aliphatic hydroxyl groups is 1. The number of halogens is 1. The molecule has 0 spiro atoms. The molecule has 0 fully saturated rings. The van der Waals surface area contributed by atoms with E-state index in [1.165, 1.54) is 4.90 Å². The summed E-state index contributed by atoms with van der Waals surface area (Å²) in [4.78, 5) is 13.5. The first-order valence-electron chi connectivity index (χ1n) is 6.81. The topological polar surface area (TPSA) is 71.0 Å². The predicted molar refractivity (Wildman–Crippen MR) is 86.7 cm³/mol. The van der Waals surface area contributed by atoms with Gasteiger partial charge in [-0.2, -0.15) is 0 Å². The highest BCUT2D eigenvalue weighted by molar-refractivity contribution is 6.32. The Bertz CT molecular complexity index is 496. The highest BCUT2D eigenvalue weighted by Gasteiger charge is 2.12. The van der Waals surface area contributed by atoms with E-state index in [2.05, 4.69) is 11.9 Å². The number of nitrogens with zero attached hydrogens (tertiary/aromatic N) is 1. The molecule has 0 radical (unpaired) electrons. The van der Waals surface area contributed by atoms with E-state index in [-0.39, 0.29) is 19.2 Å². The van der Waals surface area contributed by atoms with Crippen LogP contribution in [0.2, 0.25) is 5.02 Å². The lowest BCUT2D eigenvalue weighted by Gasteiger charge is -2.20. The maximum Gasteiger partial charge on any atom is 0.322 e. The van der Waals surface area contributed by atoms with Crippen LogP contribution in [0.5, 0.6) is 5.75 Å². The van der Waals surface area contributed by atoms with Crippen molar-refractivity contribution in [2.24, 2.45) is 0 Å². The molecule has 122 valence electrons. The van der Waals surface area contributed by atoms with Crippen LogP contribution in [-0.4, -0.2) is 56.1 Å². The monoisotopic (exact) mass is 328 g/mol. The highest BCUT2D eigenvalue weighted by Crippen LogP contribution is 2.27. The van der Waals surface area contributed by atoms with Gasteiger partial charge in [-0.05, 0) is 18.2 Å². The number of amides is 2. The third-order valence-corrected chi connectivity index (χ3v) is 3.03. The molecule has 0 aliphatic heterocycles. The molecule has 1 rings (SSSR count). The fourth-order valence-electron chi connectivity index (χ4n) is 1.69. The SMILES string of the molecule is C=CCN(CCO)C(=O)Nc1ccc(OCCOC)c(Cl)c1. The highest BCUT2D eigenvalue weighted by atomic mass is 35.5. The van der Waals surface area contributed by atoms with Gasteiger partial charge in [0, 0.05) is 25.9 Å². The lowest BCUT2D eigenvalue weighted by atomic mass is 10.3. The molecule has 0 bridgehead atoms. The zero-order valence-corrected chi connectivity index (χ0v) is 13.3. The van der Waals surface area contributed by atoms with Gasteiger partial charge in [-0.25, -0.2) is 4.79 Å². The summed E-state index contributed by atoms with van der Waals surface area (Å²) in [7, 11) is 1.59. The number of nitrogens with one attached hydrogen (secondary N) is 1. The lowest BCUT2D eigenvalue weighted by molar-refractivity contribution is 0.146. The molecule has 0 unspecified atom stereocenters. The molecule has 0 aliphatic rings. The lowest BCUT2D eigenvalue weighted by Crippen LogP contribution is -2.37. The summed E-state index contributed by atoms with van der Waals surface area (Å²) >= 11 is 6.11. The van der Waals surface area contributed by atoms with Gasteiger partial charge in [0.15, 0.2) is 0 Å². The Labute approximate surface area is 135 Å². The number of carbonyl (C=O) groups excluding carboxylic acids is 1. The van der Waals surface area contributed by atoms with Crippen molar-refractivity contribution in [2.75, 3.05) is 45.3 Å². The molecule has 2 N–H and O–H groups in total. The summed E-state index contributed by atoms with van der Waals surface area (Å²) in [6, 6.07) is 4.64. The van der Waals surface area contributed by atoms with Gasteiger partial charge < -0.3 is 24.8 Å². The Kier molecular flexibility index (Phi) is 8.35. The average Bonchev–Trinajstić information content (AvgIpc) is 2.49. The molecule has 22 heavy (non-hydrogen) atoms. The van der Waals surface area contributed by atoms with Gasteiger partial charge in [0.1, 0.15) is 12.4 Å². The van der Waals surface area contributed by atoms with Crippen molar-refractivity contribution in [3.05, 3.63) is 35.9 Å². The molecular formula is C15H21ClN2O4. The van der Waals surface area contributed by atoms with Crippen LogP contribution in [0.3, 0.4) is 0 Å². The Morgan fingerprint density at radius 3 is 2.86 bits per heavy atom. The van der Waals surface area contributed by atoms with Crippen LogP contribution in [0.1, 0.15) is 0 Å². The quantitative estimate of drug-likeness (QED) is 0.539. The molecule has 0 aromatic heterocycles. The Balaban J connectivity index is 2.67. The van der Waals surface area contributed by atoms with Crippen molar-refractivity contribution in [3.8, 4) is 5.75 Å². The number of anilines is 1. The van der Waals surface area contributed by atoms with Crippen molar-refractivity contribution in [1.82, 2.24) is 4.90 Å². The third-order valence-electron chi connectivity index (χ3n) is 2.73. The number of aliphatic hydroxyl groups excluding tert-OH is 1. The van der Waals surface area contributed by atoms with Crippen molar-refractivity contribution >= 4 is 23.3 Å². The first kappa shape index (κ1) is 18.3. The molecule has 7 heteroatoms. The Hall–Kier alpha value is -1.76. The minimum atomic E-state index is -0.335. The van der Waals surface area contributed by atoms with Crippen molar-refractivity contribution in [3.63, 3.8) is 0 Å². The van der Waals surface area contributed by atoms with Crippen LogP contribution in [0.25, 0.3) is 0 Å². The first-order chi connectivity index (χ1) is 10.6. The largest absolute Gasteiger partial charge is 0.490 e. The van der Waals surface area contributed by atoms with E-state index < -0.39 is 0 Å². The van der Waals surface area contributed by atoms with Gasteiger partial charge in [0.25, 0.3) is 0 Å². The fourth-order valence-corrected chi connectivity index (χ4v) is 1.92. The third kappa shape index (κ3) is 5.93. The summed E-state index contributed by atoms with van der Waals surface area (Å²) in [5.41, 5.74) is 0.543. The van der Waals surface area contributed by atoms with Gasteiger partial charge in [-0.1, -0.05) is 17.7 Å². The van der Waals surface area contributed by atoms with Crippen molar-refractivity contribution in [2.45, 2.75) is 0 Å². The van der Waals surface area contributed by atoms with E-state index in [0.717, 1.165) is 0 Å². The number of carbonyl (C=O) groups is 1. The molecular weight excluding hydrogens is 308 g/mol. The second-order valence-electron chi connectivity index (χ2n) is 4.37. The van der Waals surface area contributed by atoms with Crippen LogP contribution in [0, 0.1) is 0 Å². The molecule has 0 heterocycles. The van der Waals surface area contributed by atoms with Gasteiger partial charge in [0.05, 0.1) is 18.2 Å². The smallest absolute Gasteiger partial charge is 0.322 e. The number of hydrogen-bond donors (Lipinski definition) is 2. The second kappa shape index (κ2) is 10.0. The number of urea groups is 1. The molecule has 1 aromatic carbocycles. The molecule has 0 saturated heterocycles. The van der Waals surface area contributed by atoms with E-state index in [4.69, 9.17) is 26.2 Å². The van der Waals surface area contributed by atoms with Gasteiger partial charge >= 0.3 is 6.03 Å². The van der Waals surface area contributed by atoms with Crippen LogP contribution >= 0.6 is 11.6 Å². The van der Waals surface area contributed by atoms with Gasteiger partial charge in [-0.3, -0.25) is 0 Å². The van der Waals surface area contributed by atoms with E-state index in [1.807, 2.05) is 0 Å². The molecule has 1 aromatic rings. The number of hydrogen-bond acceptors (Lipinski definition) is 4. The van der Waals surface area contributed by atoms with E-state index >= 15 is 0 Å². The fraction of sp³-hybridized carbons (Fsp3) is 0.400. The van der Waals surface area contributed by atoms with Gasteiger partial charge in [-0.15, -0.1) is 6.58 Å². The van der Waals surface area contributed by atoms with Crippen LogP contribution < -0.4 is 10.1 Å². The number of benzene rings is 1. The minimum absolute atomic E-state index is 0.117. The average molecular weight is 329 g/mol. The van der Waals surface area contributed by atoms with Crippen LogP contribution in [0.4, 0.5) is 10.5 Å². The molecule has 6 nitrogen and oxygen atoms in total.